The van der Waals surface area contributed by atoms with Gasteiger partial charge in [-0.2, -0.15) is 0 Å². The molecule has 1 N–H and O–H groups in total. The van der Waals surface area contributed by atoms with Gasteiger partial charge in [-0.1, -0.05) is 18.2 Å². The minimum atomic E-state index is -3.55. The molecule has 2 amide bonds. The number of hydrogen-bond acceptors (Lipinski definition) is 3. The molecule has 1 aliphatic heterocycles. The molecular weight excluding hydrogens is 319 g/mol. The average molecular weight is 334 g/mol. The zero-order valence-electron chi connectivity index (χ0n) is 12.1. The lowest BCUT2D eigenvalue weighted by atomic mass is 10.2. The normalized spacial score (nSPS) is 15.1. The number of carbonyl (C=O) groups is 1. The summed E-state index contributed by atoms with van der Waals surface area (Å²) < 4.78 is 37.6. The van der Waals surface area contributed by atoms with Gasteiger partial charge < -0.3 is 10.2 Å². The first-order chi connectivity index (χ1) is 11.0. The highest BCUT2D eigenvalue weighted by molar-refractivity contribution is 7.92. The molecule has 1 heterocycles. The third-order valence-electron chi connectivity index (χ3n) is 3.74. The molecule has 2 aromatic carbocycles. The predicted molar refractivity (Wildman–Crippen MR) is 84.4 cm³/mol. The fraction of sp³-hybridized carbons (Fsp3) is 0.188. The highest BCUT2D eigenvalue weighted by Gasteiger charge is 2.40. The van der Waals surface area contributed by atoms with Crippen LogP contribution < -0.4 is 5.32 Å². The lowest BCUT2D eigenvalue weighted by molar-refractivity contribution is 0.182. The Balaban J connectivity index is 1.62. The van der Waals surface area contributed by atoms with Gasteiger partial charge in [0.2, 0.25) is 0 Å². The molecule has 0 saturated carbocycles. The first-order valence-corrected chi connectivity index (χ1v) is 8.62. The average Bonchev–Trinajstić information content (AvgIpc) is 2.46. The van der Waals surface area contributed by atoms with Crippen molar-refractivity contribution in [2.24, 2.45) is 0 Å². The molecule has 0 atom stereocenters. The van der Waals surface area contributed by atoms with Crippen LogP contribution in [0.25, 0.3) is 0 Å². The molecule has 0 aromatic heterocycles. The van der Waals surface area contributed by atoms with E-state index in [1.165, 1.54) is 17.0 Å². The van der Waals surface area contributed by atoms with Crippen LogP contribution in [0.3, 0.4) is 0 Å². The van der Waals surface area contributed by atoms with Gasteiger partial charge >= 0.3 is 6.03 Å². The van der Waals surface area contributed by atoms with Crippen molar-refractivity contribution in [2.45, 2.75) is 10.1 Å². The third kappa shape index (κ3) is 3.19. The maximum Gasteiger partial charge on any atom is 0.321 e. The molecule has 2 aromatic rings. The SMILES string of the molecule is O=C(Nc1ccccc1)N1CC(S(=O)(=O)c2ccc(F)cc2)C1. The molecule has 23 heavy (non-hydrogen) atoms. The highest BCUT2D eigenvalue weighted by Crippen LogP contribution is 2.24. The fourth-order valence-electron chi connectivity index (χ4n) is 2.34. The quantitative estimate of drug-likeness (QED) is 0.877. The molecule has 1 aliphatic rings. The van der Waals surface area contributed by atoms with Crippen LogP contribution in [0.2, 0.25) is 0 Å². The summed E-state index contributed by atoms with van der Waals surface area (Å²) in [6, 6.07) is 13.3. The Morgan fingerprint density at radius 1 is 1.04 bits per heavy atom. The summed E-state index contributed by atoms with van der Waals surface area (Å²) in [6.45, 7) is 0.247. The zero-order valence-corrected chi connectivity index (χ0v) is 13.0. The van der Waals surface area contributed by atoms with Crippen LogP contribution in [0.4, 0.5) is 14.9 Å². The van der Waals surface area contributed by atoms with Gasteiger partial charge in [0.05, 0.1) is 4.90 Å². The Morgan fingerprint density at radius 3 is 2.26 bits per heavy atom. The number of hydrogen-bond donors (Lipinski definition) is 1. The maximum atomic E-state index is 12.9. The monoisotopic (exact) mass is 334 g/mol. The maximum absolute atomic E-state index is 12.9. The molecule has 0 unspecified atom stereocenters. The minimum Gasteiger partial charge on any atom is -0.322 e. The fourth-order valence-corrected chi connectivity index (χ4v) is 3.99. The molecule has 7 heteroatoms. The molecule has 1 fully saturated rings. The molecular formula is C16H15FN2O3S. The van der Waals surface area contributed by atoms with Gasteiger partial charge in [0.1, 0.15) is 11.1 Å². The number of halogens is 1. The third-order valence-corrected chi connectivity index (χ3v) is 5.85. The van der Waals surface area contributed by atoms with E-state index in [2.05, 4.69) is 5.32 Å². The Hall–Kier alpha value is -2.41. The van der Waals surface area contributed by atoms with Crippen molar-refractivity contribution in [3.63, 3.8) is 0 Å². The number of para-hydroxylation sites is 1. The van der Waals surface area contributed by atoms with E-state index in [9.17, 15) is 17.6 Å². The van der Waals surface area contributed by atoms with E-state index in [0.29, 0.717) is 5.69 Å². The van der Waals surface area contributed by atoms with E-state index >= 15 is 0 Å². The van der Waals surface area contributed by atoms with Gasteiger partial charge in [-0.3, -0.25) is 0 Å². The number of urea groups is 1. The van der Waals surface area contributed by atoms with E-state index in [0.717, 1.165) is 12.1 Å². The molecule has 120 valence electrons. The summed E-state index contributed by atoms with van der Waals surface area (Å²) in [5.74, 6) is -0.485. The summed E-state index contributed by atoms with van der Waals surface area (Å²) in [5, 5.41) is 2.05. The van der Waals surface area contributed by atoms with Crippen LogP contribution in [0, 0.1) is 5.82 Å². The smallest absolute Gasteiger partial charge is 0.321 e. The molecule has 0 aliphatic carbocycles. The molecule has 1 saturated heterocycles. The van der Waals surface area contributed by atoms with E-state index in [1.54, 1.807) is 24.3 Å². The molecule has 3 rings (SSSR count). The number of likely N-dealkylation sites (tertiary alicyclic amines) is 1. The van der Waals surface area contributed by atoms with Gasteiger partial charge in [0, 0.05) is 18.8 Å². The lowest BCUT2D eigenvalue weighted by Crippen LogP contribution is -2.58. The molecule has 0 radical (unpaired) electrons. The minimum absolute atomic E-state index is 0.0759. The van der Waals surface area contributed by atoms with Gasteiger partial charge in [-0.05, 0) is 36.4 Å². The lowest BCUT2D eigenvalue weighted by Gasteiger charge is -2.38. The summed E-state index contributed by atoms with van der Waals surface area (Å²) in [6.07, 6.45) is 0. The topological polar surface area (TPSA) is 66.5 Å². The number of benzene rings is 2. The van der Waals surface area contributed by atoms with Crippen LogP contribution in [-0.4, -0.2) is 37.7 Å². The van der Waals surface area contributed by atoms with Crippen molar-refractivity contribution in [2.75, 3.05) is 18.4 Å². The highest BCUT2D eigenvalue weighted by atomic mass is 32.2. The van der Waals surface area contributed by atoms with Crippen molar-refractivity contribution >= 4 is 21.6 Å². The van der Waals surface area contributed by atoms with Crippen molar-refractivity contribution in [1.29, 1.82) is 0 Å². The first-order valence-electron chi connectivity index (χ1n) is 7.07. The van der Waals surface area contributed by atoms with E-state index < -0.39 is 20.9 Å². The van der Waals surface area contributed by atoms with Crippen LogP contribution in [0.15, 0.2) is 59.5 Å². The first kappa shape index (κ1) is 15.5. The number of amides is 2. The van der Waals surface area contributed by atoms with Crippen LogP contribution >= 0.6 is 0 Å². The summed E-state index contributed by atoms with van der Waals surface area (Å²) in [7, 11) is -3.55. The second-order valence-corrected chi connectivity index (χ2v) is 7.55. The van der Waals surface area contributed by atoms with Gasteiger partial charge in [0.25, 0.3) is 0 Å². The number of anilines is 1. The number of carbonyl (C=O) groups excluding carboxylic acids is 1. The largest absolute Gasteiger partial charge is 0.322 e. The van der Waals surface area contributed by atoms with E-state index in [1.807, 2.05) is 6.07 Å². The van der Waals surface area contributed by atoms with Crippen molar-refractivity contribution < 1.29 is 17.6 Å². The number of nitrogens with one attached hydrogen (secondary N) is 1. The Labute approximate surface area is 133 Å². The number of rotatable bonds is 3. The van der Waals surface area contributed by atoms with Crippen molar-refractivity contribution in [3.8, 4) is 0 Å². The second kappa shape index (κ2) is 6.00. The molecule has 0 bridgehead atoms. The summed E-state index contributed by atoms with van der Waals surface area (Å²) in [5.41, 5.74) is 0.655. The van der Waals surface area contributed by atoms with Crippen LogP contribution in [0.5, 0.6) is 0 Å². The molecule has 5 nitrogen and oxygen atoms in total. The zero-order chi connectivity index (χ0) is 16.4. The second-order valence-electron chi connectivity index (χ2n) is 5.32. The predicted octanol–water partition coefficient (Wildman–Crippen LogP) is 2.52. The Bertz CT molecular complexity index is 801. The number of sulfone groups is 1. The Morgan fingerprint density at radius 2 is 1.65 bits per heavy atom. The van der Waals surface area contributed by atoms with Crippen LogP contribution in [-0.2, 0) is 9.84 Å². The summed E-state index contributed by atoms with van der Waals surface area (Å²) in [4.78, 5) is 13.5. The molecule has 0 spiro atoms. The van der Waals surface area contributed by atoms with E-state index in [4.69, 9.17) is 0 Å². The van der Waals surface area contributed by atoms with Gasteiger partial charge in [0.15, 0.2) is 9.84 Å². The summed E-state index contributed by atoms with van der Waals surface area (Å²) >= 11 is 0. The standard InChI is InChI=1S/C16H15FN2O3S/c17-12-6-8-14(9-7-12)23(21,22)15-10-19(11-15)16(20)18-13-4-2-1-3-5-13/h1-9,15H,10-11H2,(H,18,20). The van der Waals surface area contributed by atoms with Gasteiger partial charge in [-0.15, -0.1) is 0 Å². The number of nitrogens with zero attached hydrogens (tertiary/aromatic N) is 1. The van der Waals surface area contributed by atoms with Crippen molar-refractivity contribution in [3.05, 3.63) is 60.4 Å². The van der Waals surface area contributed by atoms with E-state index in [-0.39, 0.29) is 24.0 Å². The van der Waals surface area contributed by atoms with Gasteiger partial charge in [-0.25, -0.2) is 17.6 Å². The van der Waals surface area contributed by atoms with Crippen LogP contribution in [0.1, 0.15) is 0 Å². The van der Waals surface area contributed by atoms with Crippen molar-refractivity contribution in [1.82, 2.24) is 4.90 Å². The Kier molecular flexibility index (Phi) is 4.04.